The van der Waals surface area contributed by atoms with Crippen molar-refractivity contribution in [1.82, 2.24) is 21.3 Å². The Labute approximate surface area is 223 Å². The molecule has 2 aliphatic heterocycles. The number of hydrogen-bond acceptors (Lipinski definition) is 8. The molecule has 12 heteroatoms. The number of amides is 4. The fourth-order valence-corrected chi connectivity index (χ4v) is 5.99. The first kappa shape index (κ1) is 30.7. The second kappa shape index (κ2) is 17.1. The molecule has 0 spiro atoms. The molecule has 210 valence electrons. The van der Waals surface area contributed by atoms with Crippen LogP contribution in [0.4, 0.5) is 4.79 Å². The molecule has 2 fully saturated rings. The van der Waals surface area contributed by atoms with Crippen LogP contribution in [0.3, 0.4) is 0 Å². The van der Waals surface area contributed by atoms with Crippen LogP contribution in [0.1, 0.15) is 78.1 Å². The number of fused-ring (bicyclic) bond motifs is 1. The molecule has 0 bridgehead atoms. The maximum atomic E-state index is 12.0. The van der Waals surface area contributed by atoms with Crippen molar-refractivity contribution in [3.05, 3.63) is 0 Å². The predicted octanol–water partition coefficient (Wildman–Crippen LogP) is 1.78. The Hall–Kier alpha value is -2.50. The van der Waals surface area contributed by atoms with E-state index in [1.54, 1.807) is 0 Å². The van der Waals surface area contributed by atoms with Gasteiger partial charge in [0.25, 0.3) is 0 Å². The van der Waals surface area contributed by atoms with Gasteiger partial charge in [0.2, 0.25) is 11.8 Å². The molecular weight excluding hydrogens is 500 g/mol. The molecule has 37 heavy (non-hydrogen) atoms. The summed E-state index contributed by atoms with van der Waals surface area (Å²) in [6.07, 6.45) is 6.75. The van der Waals surface area contributed by atoms with Gasteiger partial charge >= 0.3 is 18.0 Å². The van der Waals surface area contributed by atoms with Crippen molar-refractivity contribution < 1.29 is 33.4 Å². The first-order chi connectivity index (χ1) is 17.7. The van der Waals surface area contributed by atoms with Gasteiger partial charge in [-0.3, -0.25) is 19.2 Å². The fourth-order valence-electron chi connectivity index (χ4n) is 4.44. The van der Waals surface area contributed by atoms with E-state index >= 15 is 0 Å². The lowest BCUT2D eigenvalue weighted by atomic mass is 10.0. The van der Waals surface area contributed by atoms with Crippen LogP contribution in [0.15, 0.2) is 0 Å². The average Bonchev–Trinajstić information content (AvgIpc) is 3.38. The van der Waals surface area contributed by atoms with Crippen molar-refractivity contribution in [2.75, 3.05) is 25.4 Å². The van der Waals surface area contributed by atoms with Crippen LogP contribution in [0.5, 0.6) is 0 Å². The van der Waals surface area contributed by atoms with Gasteiger partial charge in [0.1, 0.15) is 12.7 Å². The van der Waals surface area contributed by atoms with Crippen molar-refractivity contribution in [3.63, 3.8) is 0 Å². The normalized spacial score (nSPS) is 20.8. The molecule has 2 saturated heterocycles. The van der Waals surface area contributed by atoms with Gasteiger partial charge < -0.3 is 30.7 Å². The van der Waals surface area contributed by atoms with Crippen LogP contribution in [0.2, 0.25) is 0 Å². The van der Waals surface area contributed by atoms with Gasteiger partial charge in [0, 0.05) is 50.8 Å². The lowest BCUT2D eigenvalue weighted by Gasteiger charge is -2.16. The predicted molar refractivity (Wildman–Crippen MR) is 140 cm³/mol. The number of rotatable bonds is 18. The molecular formula is C25H42N4O7S. The third kappa shape index (κ3) is 13.0. The third-order valence-electron chi connectivity index (χ3n) is 6.31. The number of nitrogens with one attached hydrogen (secondary N) is 4. The molecule has 2 rings (SSSR count). The topological polar surface area (TPSA) is 152 Å². The second-order valence-corrected chi connectivity index (χ2v) is 10.8. The highest BCUT2D eigenvalue weighted by Crippen LogP contribution is 2.33. The Morgan fingerprint density at radius 1 is 0.919 bits per heavy atom. The van der Waals surface area contributed by atoms with E-state index in [2.05, 4.69) is 21.3 Å². The Morgan fingerprint density at radius 3 is 2.27 bits per heavy atom. The van der Waals surface area contributed by atoms with Crippen molar-refractivity contribution in [2.24, 2.45) is 0 Å². The largest absolute Gasteiger partial charge is 0.462 e. The molecule has 0 aliphatic carbocycles. The van der Waals surface area contributed by atoms with Gasteiger partial charge in [-0.1, -0.05) is 12.8 Å². The minimum absolute atomic E-state index is 0.0125. The molecule has 2 unspecified atom stereocenters. The summed E-state index contributed by atoms with van der Waals surface area (Å²) in [6, 6.07) is 0.385. The van der Waals surface area contributed by atoms with E-state index in [1.807, 2.05) is 11.8 Å². The zero-order valence-electron chi connectivity index (χ0n) is 22.0. The van der Waals surface area contributed by atoms with E-state index in [9.17, 15) is 24.0 Å². The summed E-state index contributed by atoms with van der Waals surface area (Å²) in [5.41, 5.74) is 0. The summed E-state index contributed by atoms with van der Waals surface area (Å²) in [7, 11) is 0. The molecule has 4 amide bonds. The first-order valence-corrected chi connectivity index (χ1v) is 14.3. The van der Waals surface area contributed by atoms with Gasteiger partial charge in [-0.15, -0.1) is 0 Å². The van der Waals surface area contributed by atoms with Gasteiger partial charge in [-0.25, -0.2) is 4.79 Å². The Kier molecular flexibility index (Phi) is 14.2. The number of thioether (sulfide) groups is 1. The minimum atomic E-state index is -0.513. The third-order valence-corrected chi connectivity index (χ3v) is 7.82. The minimum Gasteiger partial charge on any atom is -0.462 e. The molecule has 4 N–H and O–H groups in total. The summed E-state index contributed by atoms with van der Waals surface area (Å²) in [5.74, 6) is 0.108. The van der Waals surface area contributed by atoms with Gasteiger partial charge in [-0.2, -0.15) is 11.8 Å². The smallest absolute Gasteiger partial charge is 0.315 e. The first-order valence-electron chi connectivity index (χ1n) is 13.3. The van der Waals surface area contributed by atoms with Crippen LogP contribution in [-0.2, 0) is 28.7 Å². The zero-order chi connectivity index (χ0) is 27.0. The molecule has 11 nitrogen and oxygen atoms in total. The van der Waals surface area contributed by atoms with Gasteiger partial charge in [0.05, 0.1) is 12.1 Å². The van der Waals surface area contributed by atoms with Crippen LogP contribution in [-0.4, -0.2) is 78.7 Å². The van der Waals surface area contributed by atoms with Crippen LogP contribution < -0.4 is 21.3 Å². The van der Waals surface area contributed by atoms with E-state index < -0.39 is 18.0 Å². The van der Waals surface area contributed by atoms with Crippen molar-refractivity contribution >= 4 is 41.5 Å². The van der Waals surface area contributed by atoms with Crippen molar-refractivity contribution in [2.45, 2.75) is 101 Å². The number of carbonyl (C=O) groups excluding carboxylic acids is 5. The monoisotopic (exact) mass is 542 g/mol. The Morgan fingerprint density at radius 2 is 1.59 bits per heavy atom. The van der Waals surface area contributed by atoms with E-state index in [4.69, 9.17) is 9.47 Å². The average molecular weight is 543 g/mol. The summed E-state index contributed by atoms with van der Waals surface area (Å²) in [5, 5.41) is 12.2. The highest BCUT2D eigenvalue weighted by molar-refractivity contribution is 8.00. The Bertz CT molecular complexity index is 782. The molecule has 0 radical (unpaired) electrons. The van der Waals surface area contributed by atoms with E-state index in [1.165, 1.54) is 13.8 Å². The summed E-state index contributed by atoms with van der Waals surface area (Å²) in [4.78, 5) is 57.5. The number of esters is 2. The standard InChI is InChI=1S/C25H42N4O7S/c1-17(30)35-15-19(36-18(2)31)9-8-14-27-22(32)11-4-3-7-13-26-23(33)12-6-5-10-21-24-20(16-37-21)28-25(34)29-24/h19-21,24H,3-16H2,1-2H3,(H,26,33)(H,27,32)(H2,28,29,34)/t19?,20-,21?,24-/m0/s1. The summed E-state index contributed by atoms with van der Waals surface area (Å²) in [6.45, 7) is 3.68. The fraction of sp³-hybridized carbons (Fsp3) is 0.800. The maximum Gasteiger partial charge on any atom is 0.315 e. The van der Waals surface area contributed by atoms with E-state index in [0.717, 1.165) is 44.3 Å². The Balaban J connectivity index is 1.40. The van der Waals surface area contributed by atoms with Crippen molar-refractivity contribution in [3.8, 4) is 0 Å². The van der Waals surface area contributed by atoms with Gasteiger partial charge in [0.15, 0.2) is 0 Å². The van der Waals surface area contributed by atoms with Crippen LogP contribution >= 0.6 is 11.8 Å². The molecule has 2 aliphatic rings. The molecule has 0 aromatic rings. The van der Waals surface area contributed by atoms with Crippen molar-refractivity contribution in [1.29, 1.82) is 0 Å². The second-order valence-electron chi connectivity index (χ2n) is 9.55. The number of carbonyl (C=O) groups is 5. The number of hydrogen-bond donors (Lipinski definition) is 4. The maximum absolute atomic E-state index is 12.0. The lowest BCUT2D eigenvalue weighted by Crippen LogP contribution is -2.36. The highest BCUT2D eigenvalue weighted by atomic mass is 32.2. The van der Waals surface area contributed by atoms with Crippen LogP contribution in [0.25, 0.3) is 0 Å². The summed E-state index contributed by atoms with van der Waals surface area (Å²) < 4.78 is 10.0. The summed E-state index contributed by atoms with van der Waals surface area (Å²) >= 11 is 1.89. The molecule has 0 aromatic heterocycles. The molecule has 2 heterocycles. The number of urea groups is 1. The highest BCUT2D eigenvalue weighted by Gasteiger charge is 2.42. The quantitative estimate of drug-likeness (QED) is 0.116. The van der Waals surface area contributed by atoms with E-state index in [-0.39, 0.29) is 36.5 Å². The van der Waals surface area contributed by atoms with E-state index in [0.29, 0.717) is 44.0 Å². The molecule has 0 aromatic carbocycles. The zero-order valence-corrected chi connectivity index (χ0v) is 22.8. The lowest BCUT2D eigenvalue weighted by molar-refractivity contribution is -0.156. The molecule has 4 atom stereocenters. The molecule has 0 saturated carbocycles. The number of unbranched alkanes of at least 4 members (excludes halogenated alkanes) is 3. The van der Waals surface area contributed by atoms with Gasteiger partial charge in [-0.05, 0) is 38.5 Å². The number of ether oxygens (including phenoxy) is 2. The SMILES string of the molecule is CC(=O)OCC(CCCNC(=O)CCCCCNC(=O)CCCCC1SC[C@@H]2NC(=O)N[C@H]12)OC(C)=O. The van der Waals surface area contributed by atoms with Crippen LogP contribution in [0, 0.1) is 0 Å².